The highest BCUT2D eigenvalue weighted by molar-refractivity contribution is 5.85. The van der Waals surface area contributed by atoms with E-state index in [0.717, 1.165) is 24.8 Å². The van der Waals surface area contributed by atoms with Crippen molar-refractivity contribution in [1.29, 1.82) is 0 Å². The summed E-state index contributed by atoms with van der Waals surface area (Å²) in [6.07, 6.45) is 4.58. The predicted octanol–water partition coefficient (Wildman–Crippen LogP) is 2.13. The summed E-state index contributed by atoms with van der Waals surface area (Å²) in [5, 5.41) is 8.75. The van der Waals surface area contributed by atoms with Crippen LogP contribution in [0.2, 0.25) is 0 Å². The number of carboxylic acid groups (broad SMARTS) is 1. The number of methoxy groups -OCH3 is 1. The van der Waals surface area contributed by atoms with Gasteiger partial charge < -0.3 is 9.84 Å². The molecule has 0 radical (unpaired) electrons. The highest BCUT2D eigenvalue weighted by Crippen LogP contribution is 2.20. The molecule has 4 nitrogen and oxygen atoms in total. The van der Waals surface area contributed by atoms with Gasteiger partial charge in [-0.15, -0.1) is 0 Å². The van der Waals surface area contributed by atoms with Crippen LogP contribution in [0.1, 0.15) is 35.8 Å². The van der Waals surface area contributed by atoms with Crippen molar-refractivity contribution in [2.45, 2.75) is 26.2 Å². The highest BCUT2D eigenvalue weighted by atomic mass is 16.5. The third-order valence-corrected chi connectivity index (χ3v) is 2.18. The second-order valence-electron chi connectivity index (χ2n) is 3.29. The summed E-state index contributed by atoms with van der Waals surface area (Å²) in [6.45, 7) is 2.10. The van der Waals surface area contributed by atoms with Gasteiger partial charge in [0.1, 0.15) is 5.75 Å². The summed E-state index contributed by atoms with van der Waals surface area (Å²) in [5.41, 5.74) is 0.983. The Hall–Kier alpha value is -1.58. The zero-order chi connectivity index (χ0) is 11.3. The standard InChI is InChI=1S/C11H15NO3/c1-3-4-5-8-7-12-9(11(13)14)6-10(8)15-2/h6-7H,3-5H2,1-2H3,(H,13,14). The lowest BCUT2D eigenvalue weighted by atomic mass is 10.1. The number of pyridine rings is 1. The molecule has 0 fully saturated rings. The first-order valence-corrected chi connectivity index (χ1v) is 4.95. The van der Waals surface area contributed by atoms with Crippen molar-refractivity contribution in [1.82, 2.24) is 4.98 Å². The molecule has 0 amide bonds. The summed E-state index contributed by atoms with van der Waals surface area (Å²) in [6, 6.07) is 1.47. The Morgan fingerprint density at radius 3 is 2.87 bits per heavy atom. The third kappa shape index (κ3) is 2.94. The van der Waals surface area contributed by atoms with Gasteiger partial charge >= 0.3 is 5.97 Å². The smallest absolute Gasteiger partial charge is 0.354 e. The normalized spacial score (nSPS) is 10.0. The van der Waals surface area contributed by atoms with Crippen molar-refractivity contribution in [3.05, 3.63) is 23.5 Å². The van der Waals surface area contributed by atoms with Crippen molar-refractivity contribution in [2.75, 3.05) is 7.11 Å². The molecule has 0 aliphatic carbocycles. The van der Waals surface area contributed by atoms with Crippen molar-refractivity contribution >= 4 is 5.97 Å². The molecule has 1 aromatic heterocycles. The van der Waals surface area contributed by atoms with E-state index in [1.54, 1.807) is 6.20 Å². The van der Waals surface area contributed by atoms with Crippen LogP contribution in [0.4, 0.5) is 0 Å². The fourth-order valence-electron chi connectivity index (χ4n) is 1.33. The molecule has 82 valence electrons. The lowest BCUT2D eigenvalue weighted by molar-refractivity contribution is 0.0690. The Morgan fingerprint density at radius 1 is 1.60 bits per heavy atom. The van der Waals surface area contributed by atoms with Gasteiger partial charge in [0.05, 0.1) is 7.11 Å². The van der Waals surface area contributed by atoms with Crippen LogP contribution in [0.3, 0.4) is 0 Å². The number of carboxylic acids is 1. The molecular weight excluding hydrogens is 194 g/mol. The molecule has 0 atom stereocenters. The fourth-order valence-corrected chi connectivity index (χ4v) is 1.33. The number of carbonyl (C=O) groups is 1. The first-order valence-electron chi connectivity index (χ1n) is 4.95. The van der Waals surface area contributed by atoms with Crippen molar-refractivity contribution < 1.29 is 14.6 Å². The molecule has 1 N–H and O–H groups in total. The molecule has 1 heterocycles. The van der Waals surface area contributed by atoms with Gasteiger partial charge in [0.15, 0.2) is 5.69 Å². The summed E-state index contributed by atoms with van der Waals surface area (Å²) >= 11 is 0. The number of nitrogens with zero attached hydrogens (tertiary/aromatic N) is 1. The SMILES string of the molecule is CCCCc1cnc(C(=O)O)cc1OC. The van der Waals surface area contributed by atoms with Crippen LogP contribution in [-0.2, 0) is 6.42 Å². The van der Waals surface area contributed by atoms with Crippen molar-refractivity contribution in [2.24, 2.45) is 0 Å². The first-order chi connectivity index (χ1) is 7.19. The van der Waals surface area contributed by atoms with Crippen LogP contribution < -0.4 is 4.74 Å². The molecule has 15 heavy (non-hydrogen) atoms. The topological polar surface area (TPSA) is 59.4 Å². The molecule has 0 unspecified atom stereocenters. The first kappa shape index (κ1) is 11.5. The van der Waals surface area contributed by atoms with E-state index in [-0.39, 0.29) is 5.69 Å². The predicted molar refractivity (Wildman–Crippen MR) is 56.4 cm³/mol. The molecule has 0 bridgehead atoms. The molecule has 0 saturated carbocycles. The van der Waals surface area contributed by atoms with E-state index in [9.17, 15) is 4.79 Å². The summed E-state index contributed by atoms with van der Waals surface area (Å²) < 4.78 is 5.13. The zero-order valence-electron chi connectivity index (χ0n) is 8.99. The zero-order valence-corrected chi connectivity index (χ0v) is 8.99. The number of unbranched alkanes of at least 4 members (excludes halogenated alkanes) is 1. The Morgan fingerprint density at radius 2 is 2.33 bits per heavy atom. The second-order valence-corrected chi connectivity index (χ2v) is 3.29. The van der Waals surface area contributed by atoms with Gasteiger partial charge in [-0.3, -0.25) is 0 Å². The summed E-state index contributed by atoms with van der Waals surface area (Å²) in [7, 11) is 1.54. The third-order valence-electron chi connectivity index (χ3n) is 2.18. The average molecular weight is 209 g/mol. The lowest BCUT2D eigenvalue weighted by Gasteiger charge is -2.07. The highest BCUT2D eigenvalue weighted by Gasteiger charge is 2.09. The van der Waals surface area contributed by atoms with Gasteiger partial charge in [-0.05, 0) is 12.8 Å². The Kier molecular flexibility index (Phi) is 4.09. The summed E-state index contributed by atoms with van der Waals surface area (Å²) in [5.74, 6) is -0.425. The molecule has 0 spiro atoms. The maximum atomic E-state index is 10.7. The van der Waals surface area contributed by atoms with Gasteiger partial charge in [0.2, 0.25) is 0 Å². The van der Waals surface area contributed by atoms with E-state index >= 15 is 0 Å². The molecule has 4 heteroatoms. The van der Waals surface area contributed by atoms with Crippen LogP contribution >= 0.6 is 0 Å². The van der Waals surface area contributed by atoms with E-state index in [0.29, 0.717) is 5.75 Å². The Bertz CT molecular complexity index is 350. The number of hydrogen-bond donors (Lipinski definition) is 1. The van der Waals surface area contributed by atoms with Crippen LogP contribution in [-0.4, -0.2) is 23.2 Å². The number of rotatable bonds is 5. The van der Waals surface area contributed by atoms with Crippen molar-refractivity contribution in [3.8, 4) is 5.75 Å². The van der Waals surface area contributed by atoms with Crippen LogP contribution in [0, 0.1) is 0 Å². The van der Waals surface area contributed by atoms with Crippen molar-refractivity contribution in [3.63, 3.8) is 0 Å². The van der Waals surface area contributed by atoms with E-state index in [1.165, 1.54) is 13.2 Å². The van der Waals surface area contributed by atoms with Gasteiger partial charge in [-0.1, -0.05) is 13.3 Å². The molecule has 0 aliphatic rings. The average Bonchev–Trinajstić information content (AvgIpc) is 2.25. The maximum Gasteiger partial charge on any atom is 0.354 e. The Balaban J connectivity index is 2.93. The quantitative estimate of drug-likeness (QED) is 0.807. The van der Waals surface area contributed by atoms with E-state index in [2.05, 4.69) is 11.9 Å². The Labute approximate surface area is 88.9 Å². The van der Waals surface area contributed by atoms with Crippen LogP contribution in [0.15, 0.2) is 12.3 Å². The van der Waals surface area contributed by atoms with Gasteiger partial charge in [-0.25, -0.2) is 9.78 Å². The number of hydrogen-bond acceptors (Lipinski definition) is 3. The monoisotopic (exact) mass is 209 g/mol. The number of ether oxygens (including phenoxy) is 1. The van der Waals surface area contributed by atoms with E-state index in [4.69, 9.17) is 9.84 Å². The molecule has 0 aromatic carbocycles. The van der Waals surface area contributed by atoms with Gasteiger partial charge in [0, 0.05) is 17.8 Å². The minimum Gasteiger partial charge on any atom is -0.496 e. The number of aryl methyl sites for hydroxylation is 1. The largest absolute Gasteiger partial charge is 0.496 e. The summed E-state index contributed by atoms with van der Waals surface area (Å²) in [4.78, 5) is 14.5. The minimum absolute atomic E-state index is 0.0205. The molecule has 1 rings (SSSR count). The minimum atomic E-state index is -1.03. The van der Waals surface area contributed by atoms with Crippen LogP contribution in [0.25, 0.3) is 0 Å². The molecule has 0 saturated heterocycles. The fraction of sp³-hybridized carbons (Fsp3) is 0.455. The van der Waals surface area contributed by atoms with Crippen LogP contribution in [0.5, 0.6) is 5.75 Å². The second kappa shape index (κ2) is 5.34. The van der Waals surface area contributed by atoms with Gasteiger partial charge in [0.25, 0.3) is 0 Å². The lowest BCUT2D eigenvalue weighted by Crippen LogP contribution is -2.03. The number of aromatic carboxylic acids is 1. The molecule has 0 aliphatic heterocycles. The molecule has 1 aromatic rings. The van der Waals surface area contributed by atoms with Gasteiger partial charge in [-0.2, -0.15) is 0 Å². The number of aromatic nitrogens is 1. The maximum absolute atomic E-state index is 10.7. The molecular formula is C11H15NO3. The van der Waals surface area contributed by atoms with E-state index in [1.807, 2.05) is 0 Å². The van der Waals surface area contributed by atoms with E-state index < -0.39 is 5.97 Å².